The smallest absolute Gasteiger partial charge is 0.324 e. The van der Waals surface area contributed by atoms with E-state index in [1.165, 1.54) is 11.9 Å². The number of nitrogens with one attached hydrogen (secondary N) is 2. The van der Waals surface area contributed by atoms with Crippen LogP contribution in [0.5, 0.6) is 0 Å². The maximum Gasteiger partial charge on any atom is 0.327 e. The second kappa shape index (κ2) is 4.97. The van der Waals surface area contributed by atoms with Crippen molar-refractivity contribution in [2.24, 2.45) is 0 Å². The van der Waals surface area contributed by atoms with E-state index in [4.69, 9.17) is 0 Å². The third-order valence-electron chi connectivity index (χ3n) is 4.08. The first-order valence-corrected chi connectivity index (χ1v) is 7.75. The number of pyridine rings is 1. The molecule has 0 atom stereocenters. The largest absolute Gasteiger partial charge is 0.327 e. The van der Waals surface area contributed by atoms with Crippen molar-refractivity contribution in [1.29, 1.82) is 0 Å². The summed E-state index contributed by atoms with van der Waals surface area (Å²) in [5, 5.41) is 2.85. The molecule has 20 heavy (non-hydrogen) atoms. The Labute approximate surface area is 121 Å². The van der Waals surface area contributed by atoms with Crippen molar-refractivity contribution < 1.29 is 9.59 Å². The summed E-state index contributed by atoms with van der Waals surface area (Å²) in [5.41, 5.74) is 0.453. The summed E-state index contributed by atoms with van der Waals surface area (Å²) in [6, 6.07) is 3.73. The summed E-state index contributed by atoms with van der Waals surface area (Å²) in [7, 11) is 0. The van der Waals surface area contributed by atoms with Crippen molar-refractivity contribution in [3.63, 3.8) is 0 Å². The van der Waals surface area contributed by atoms with E-state index in [1.54, 1.807) is 11.1 Å². The van der Waals surface area contributed by atoms with Gasteiger partial charge in [-0.05, 0) is 18.9 Å². The van der Waals surface area contributed by atoms with E-state index in [9.17, 15) is 9.59 Å². The summed E-state index contributed by atoms with van der Waals surface area (Å²) >= 11 is 1.29. The average Bonchev–Trinajstić information content (AvgIpc) is 2.73. The molecule has 2 aliphatic rings. The van der Waals surface area contributed by atoms with Crippen LogP contribution in [0.15, 0.2) is 18.3 Å². The molecule has 3 heterocycles. The summed E-state index contributed by atoms with van der Waals surface area (Å²) in [6.07, 6.45) is 4.77. The van der Waals surface area contributed by atoms with Gasteiger partial charge >= 0.3 is 6.03 Å². The minimum absolute atomic E-state index is 0.0103. The molecule has 1 fully saturated rings. The predicted molar refractivity (Wildman–Crippen MR) is 77.4 cm³/mol. The van der Waals surface area contributed by atoms with Gasteiger partial charge in [-0.15, -0.1) is 0 Å². The zero-order valence-electron chi connectivity index (χ0n) is 11.2. The number of anilines is 1. The lowest BCUT2D eigenvalue weighted by Crippen LogP contribution is -2.50. The molecule has 0 aromatic carbocycles. The molecular formula is C13H16N4O2S. The zero-order chi connectivity index (χ0) is 14.2. The van der Waals surface area contributed by atoms with Crippen LogP contribution in [0.25, 0.3) is 0 Å². The molecule has 7 heteroatoms. The minimum Gasteiger partial charge on any atom is -0.324 e. The molecule has 6 nitrogen and oxygen atoms in total. The Kier molecular flexibility index (Phi) is 3.29. The van der Waals surface area contributed by atoms with E-state index in [1.807, 2.05) is 18.4 Å². The molecule has 0 unspecified atom stereocenters. The first kappa shape index (κ1) is 13.2. The normalized spacial score (nSPS) is 19.6. The van der Waals surface area contributed by atoms with E-state index in [0.29, 0.717) is 31.7 Å². The van der Waals surface area contributed by atoms with Crippen LogP contribution in [-0.4, -0.2) is 41.2 Å². The van der Waals surface area contributed by atoms with E-state index >= 15 is 0 Å². The minimum atomic E-state index is -0.514. The van der Waals surface area contributed by atoms with E-state index in [-0.39, 0.29) is 11.9 Å². The highest BCUT2D eigenvalue weighted by Crippen LogP contribution is 2.43. The van der Waals surface area contributed by atoms with E-state index in [0.717, 1.165) is 5.56 Å². The van der Waals surface area contributed by atoms with Gasteiger partial charge in [-0.25, -0.2) is 9.78 Å². The SMILES string of the molecule is CSNC(=O)N1CCC2(CC1)C(=O)Nc1ncccc12. The van der Waals surface area contributed by atoms with Gasteiger partial charge in [0.25, 0.3) is 0 Å². The fraction of sp³-hybridized carbons (Fsp3) is 0.462. The highest BCUT2D eigenvalue weighted by Gasteiger charge is 2.49. The third-order valence-corrected chi connectivity index (χ3v) is 4.46. The van der Waals surface area contributed by atoms with Gasteiger partial charge in [-0.2, -0.15) is 0 Å². The Bertz CT molecular complexity index is 555. The summed E-state index contributed by atoms with van der Waals surface area (Å²) in [5.74, 6) is 0.677. The Balaban J connectivity index is 1.80. The van der Waals surface area contributed by atoms with Crippen LogP contribution in [0.4, 0.5) is 10.6 Å². The second-order valence-corrected chi connectivity index (χ2v) is 5.65. The highest BCUT2D eigenvalue weighted by molar-refractivity contribution is 7.97. The molecule has 0 aliphatic carbocycles. The summed E-state index contributed by atoms with van der Waals surface area (Å²) in [4.78, 5) is 30.1. The highest BCUT2D eigenvalue weighted by atomic mass is 32.2. The van der Waals surface area contributed by atoms with Gasteiger partial charge in [0.15, 0.2) is 0 Å². The number of fused-ring (bicyclic) bond motifs is 2. The molecule has 0 bridgehead atoms. The number of urea groups is 1. The van der Waals surface area contributed by atoms with Crippen LogP contribution in [0.1, 0.15) is 18.4 Å². The van der Waals surface area contributed by atoms with Crippen molar-refractivity contribution in [2.45, 2.75) is 18.3 Å². The van der Waals surface area contributed by atoms with Gasteiger partial charge in [0.2, 0.25) is 5.91 Å². The average molecular weight is 292 g/mol. The van der Waals surface area contributed by atoms with E-state index < -0.39 is 5.41 Å². The van der Waals surface area contributed by atoms with Gasteiger partial charge in [0, 0.05) is 31.1 Å². The molecule has 3 amide bonds. The van der Waals surface area contributed by atoms with Crippen molar-refractivity contribution >= 4 is 29.7 Å². The monoisotopic (exact) mass is 292 g/mol. The lowest BCUT2D eigenvalue weighted by molar-refractivity contribution is -0.122. The summed E-state index contributed by atoms with van der Waals surface area (Å²) < 4.78 is 2.72. The van der Waals surface area contributed by atoms with Crippen molar-refractivity contribution in [3.8, 4) is 0 Å². The Morgan fingerprint density at radius 2 is 2.25 bits per heavy atom. The lowest BCUT2D eigenvalue weighted by atomic mass is 9.74. The molecule has 3 rings (SSSR count). The van der Waals surface area contributed by atoms with Crippen molar-refractivity contribution in [2.75, 3.05) is 24.7 Å². The van der Waals surface area contributed by atoms with Gasteiger partial charge in [0.05, 0.1) is 5.41 Å². The molecule has 1 aromatic heterocycles. The number of aromatic nitrogens is 1. The number of amides is 3. The van der Waals surface area contributed by atoms with Crippen molar-refractivity contribution in [1.82, 2.24) is 14.6 Å². The lowest BCUT2D eigenvalue weighted by Gasteiger charge is -2.37. The molecule has 1 saturated heterocycles. The number of hydrogen-bond donors (Lipinski definition) is 2. The first-order valence-electron chi connectivity index (χ1n) is 6.52. The number of hydrogen-bond acceptors (Lipinski definition) is 4. The molecule has 1 spiro atoms. The predicted octanol–water partition coefficient (Wildman–Crippen LogP) is 1.35. The fourth-order valence-electron chi connectivity index (χ4n) is 2.98. The van der Waals surface area contributed by atoms with Crippen LogP contribution in [0.3, 0.4) is 0 Å². The maximum atomic E-state index is 12.3. The van der Waals surface area contributed by atoms with Gasteiger partial charge in [-0.1, -0.05) is 18.0 Å². The molecule has 0 radical (unpaired) electrons. The molecular weight excluding hydrogens is 276 g/mol. The van der Waals surface area contributed by atoms with Crippen LogP contribution in [0, 0.1) is 0 Å². The molecule has 1 aromatic rings. The first-order chi connectivity index (χ1) is 9.67. The van der Waals surface area contributed by atoms with Gasteiger partial charge in [-0.3, -0.25) is 9.52 Å². The molecule has 106 valence electrons. The maximum absolute atomic E-state index is 12.3. The Morgan fingerprint density at radius 3 is 2.95 bits per heavy atom. The number of likely N-dealkylation sites (tertiary alicyclic amines) is 1. The number of carbonyl (C=O) groups is 2. The number of piperidine rings is 1. The molecule has 2 N–H and O–H groups in total. The Hall–Kier alpha value is -1.76. The number of rotatable bonds is 1. The van der Waals surface area contributed by atoms with Crippen LogP contribution >= 0.6 is 11.9 Å². The van der Waals surface area contributed by atoms with Crippen LogP contribution in [-0.2, 0) is 10.2 Å². The Morgan fingerprint density at radius 1 is 1.50 bits per heavy atom. The van der Waals surface area contributed by atoms with Gasteiger partial charge in [0.1, 0.15) is 5.82 Å². The fourth-order valence-corrected chi connectivity index (χ4v) is 3.28. The van der Waals surface area contributed by atoms with E-state index in [2.05, 4.69) is 15.0 Å². The number of nitrogens with zero attached hydrogens (tertiary/aromatic N) is 2. The topological polar surface area (TPSA) is 74.3 Å². The molecule has 0 saturated carbocycles. The van der Waals surface area contributed by atoms with Crippen LogP contribution in [0.2, 0.25) is 0 Å². The third kappa shape index (κ3) is 1.93. The van der Waals surface area contributed by atoms with Gasteiger partial charge < -0.3 is 10.2 Å². The second-order valence-electron chi connectivity index (χ2n) is 5.03. The zero-order valence-corrected chi connectivity index (χ0v) is 12.0. The van der Waals surface area contributed by atoms with Crippen molar-refractivity contribution in [3.05, 3.63) is 23.9 Å². The summed E-state index contributed by atoms with van der Waals surface area (Å²) in [6.45, 7) is 1.16. The standard InChI is InChI=1S/C13H16N4O2S/c1-20-16-12(19)17-7-4-13(5-8-17)9-3-2-6-14-10(9)15-11(13)18/h2-3,6H,4-5,7-8H2,1H3,(H,16,19)(H,14,15,18). The number of carbonyl (C=O) groups excluding carboxylic acids is 2. The van der Waals surface area contributed by atoms with Crippen LogP contribution < -0.4 is 10.0 Å². The quantitative estimate of drug-likeness (QED) is 0.766. The molecule has 2 aliphatic heterocycles.